The van der Waals surface area contributed by atoms with Crippen LogP contribution < -0.4 is 23.7 Å². The fraction of sp³-hybridized carbons (Fsp3) is 0.143. The highest BCUT2D eigenvalue weighted by Gasteiger charge is 2.22. The van der Waals surface area contributed by atoms with Crippen LogP contribution in [0.25, 0.3) is 0 Å². The van der Waals surface area contributed by atoms with Gasteiger partial charge in [-0.15, -0.1) is 0 Å². The van der Waals surface area contributed by atoms with Gasteiger partial charge in [0.25, 0.3) is 20.0 Å². The van der Waals surface area contributed by atoms with Gasteiger partial charge in [-0.05, 0) is 48.5 Å². The zero-order valence-corrected chi connectivity index (χ0v) is 19.2. The van der Waals surface area contributed by atoms with Crippen LogP contribution in [0.5, 0.6) is 17.2 Å². The highest BCUT2D eigenvalue weighted by molar-refractivity contribution is 7.93. The molecule has 0 amide bonds. The number of benzene rings is 3. The van der Waals surface area contributed by atoms with Gasteiger partial charge in [-0.3, -0.25) is 9.44 Å². The lowest BCUT2D eigenvalue weighted by molar-refractivity contribution is 0.392. The average molecular weight is 479 g/mol. The van der Waals surface area contributed by atoms with Crippen molar-refractivity contribution in [2.75, 3.05) is 30.8 Å². The van der Waals surface area contributed by atoms with Gasteiger partial charge in [0.05, 0.1) is 31.9 Å². The number of hydrogen-bond acceptors (Lipinski definition) is 7. The van der Waals surface area contributed by atoms with Crippen LogP contribution in [-0.2, 0) is 20.0 Å². The van der Waals surface area contributed by atoms with Crippen molar-refractivity contribution >= 4 is 31.4 Å². The summed E-state index contributed by atoms with van der Waals surface area (Å²) in [6, 6.07) is 16.2. The molecule has 0 saturated heterocycles. The lowest BCUT2D eigenvalue weighted by Crippen LogP contribution is -2.15. The highest BCUT2D eigenvalue weighted by atomic mass is 32.2. The predicted molar refractivity (Wildman–Crippen MR) is 121 cm³/mol. The standard InChI is InChI=1S/C21H22N2O7S2/c1-28-16-10-13-20(30-3)21(14-16)32(26,27)22-15-8-11-17(12-9-15)31(24,25)23-18-6-4-5-7-19(18)29-2/h4-14,22-23H,1-3H3. The molecule has 3 aromatic carbocycles. The quantitative estimate of drug-likeness (QED) is 0.484. The second-order valence-electron chi connectivity index (χ2n) is 6.45. The van der Waals surface area contributed by atoms with E-state index in [0.29, 0.717) is 11.5 Å². The summed E-state index contributed by atoms with van der Waals surface area (Å²) in [7, 11) is -3.74. The number of sulfonamides is 2. The largest absolute Gasteiger partial charge is 0.497 e. The molecule has 0 heterocycles. The monoisotopic (exact) mass is 478 g/mol. The molecule has 0 aromatic heterocycles. The van der Waals surface area contributed by atoms with Crippen LogP contribution >= 0.6 is 0 Å². The van der Waals surface area contributed by atoms with E-state index in [1.807, 2.05) is 0 Å². The van der Waals surface area contributed by atoms with Crippen molar-refractivity contribution in [2.24, 2.45) is 0 Å². The summed E-state index contributed by atoms with van der Waals surface area (Å²) in [5, 5.41) is 0. The van der Waals surface area contributed by atoms with E-state index < -0.39 is 20.0 Å². The van der Waals surface area contributed by atoms with Gasteiger partial charge in [0.15, 0.2) is 0 Å². The van der Waals surface area contributed by atoms with E-state index in [-0.39, 0.29) is 26.9 Å². The van der Waals surface area contributed by atoms with E-state index in [9.17, 15) is 16.8 Å². The predicted octanol–water partition coefficient (Wildman–Crippen LogP) is 3.31. The maximum Gasteiger partial charge on any atom is 0.265 e. The van der Waals surface area contributed by atoms with Crippen molar-refractivity contribution in [3.63, 3.8) is 0 Å². The van der Waals surface area contributed by atoms with Gasteiger partial charge in [-0.25, -0.2) is 16.8 Å². The number of ether oxygens (including phenoxy) is 3. The van der Waals surface area contributed by atoms with Crippen LogP contribution in [0.2, 0.25) is 0 Å². The Balaban J connectivity index is 1.84. The first-order chi connectivity index (χ1) is 15.2. The molecule has 2 N–H and O–H groups in total. The zero-order chi connectivity index (χ0) is 23.4. The van der Waals surface area contributed by atoms with Gasteiger partial charge >= 0.3 is 0 Å². The molecule has 0 atom stereocenters. The van der Waals surface area contributed by atoms with Gasteiger partial charge in [-0.2, -0.15) is 0 Å². The topological polar surface area (TPSA) is 120 Å². The Hall–Kier alpha value is -3.44. The van der Waals surface area contributed by atoms with Gasteiger partial charge in [-0.1, -0.05) is 12.1 Å². The Morgan fingerprint density at radius 2 is 1.31 bits per heavy atom. The number of para-hydroxylation sites is 2. The number of rotatable bonds is 9. The van der Waals surface area contributed by atoms with Crippen molar-refractivity contribution in [3.8, 4) is 17.2 Å². The van der Waals surface area contributed by atoms with Crippen molar-refractivity contribution in [1.29, 1.82) is 0 Å². The first-order valence-corrected chi connectivity index (χ1v) is 12.2. The molecule has 0 aliphatic rings. The molecule has 0 fully saturated rings. The summed E-state index contributed by atoms with van der Waals surface area (Å²) in [6.45, 7) is 0. The van der Waals surface area contributed by atoms with E-state index in [2.05, 4.69) is 9.44 Å². The van der Waals surface area contributed by atoms with Gasteiger partial charge in [0, 0.05) is 11.8 Å². The van der Waals surface area contributed by atoms with E-state index in [1.54, 1.807) is 30.3 Å². The third-order valence-corrected chi connectivity index (χ3v) is 7.21. The zero-order valence-electron chi connectivity index (χ0n) is 17.5. The lowest BCUT2D eigenvalue weighted by atomic mass is 10.3. The minimum atomic E-state index is -4.03. The minimum absolute atomic E-state index is 0.0506. The molecule has 0 saturated carbocycles. The van der Waals surface area contributed by atoms with Crippen LogP contribution in [0.4, 0.5) is 11.4 Å². The first-order valence-electron chi connectivity index (χ1n) is 9.21. The Labute approximate surface area is 187 Å². The van der Waals surface area contributed by atoms with Crippen molar-refractivity contribution in [3.05, 3.63) is 66.7 Å². The second kappa shape index (κ2) is 9.37. The lowest BCUT2D eigenvalue weighted by Gasteiger charge is -2.14. The van der Waals surface area contributed by atoms with E-state index >= 15 is 0 Å². The van der Waals surface area contributed by atoms with Crippen molar-refractivity contribution < 1.29 is 31.0 Å². The number of nitrogens with one attached hydrogen (secondary N) is 2. The Morgan fingerprint density at radius 3 is 1.94 bits per heavy atom. The summed E-state index contributed by atoms with van der Waals surface area (Å²) in [5.41, 5.74) is 0.455. The molecule has 0 unspecified atom stereocenters. The molecule has 0 aliphatic carbocycles. The molecule has 0 aliphatic heterocycles. The van der Waals surface area contributed by atoms with Crippen molar-refractivity contribution in [1.82, 2.24) is 0 Å². The maximum atomic E-state index is 12.9. The van der Waals surface area contributed by atoms with Crippen LogP contribution in [0.3, 0.4) is 0 Å². The molecule has 11 heteroatoms. The Kier molecular flexibility index (Phi) is 6.80. The van der Waals surface area contributed by atoms with Crippen LogP contribution in [0.1, 0.15) is 0 Å². The van der Waals surface area contributed by atoms with E-state index in [1.165, 1.54) is 57.7 Å². The fourth-order valence-electron chi connectivity index (χ4n) is 2.84. The average Bonchev–Trinajstić information content (AvgIpc) is 2.78. The molecule has 9 nitrogen and oxygen atoms in total. The van der Waals surface area contributed by atoms with Crippen LogP contribution in [0, 0.1) is 0 Å². The van der Waals surface area contributed by atoms with E-state index in [0.717, 1.165) is 0 Å². The molecule has 3 rings (SSSR count). The molecule has 0 radical (unpaired) electrons. The van der Waals surface area contributed by atoms with E-state index in [4.69, 9.17) is 14.2 Å². The number of methoxy groups -OCH3 is 3. The van der Waals surface area contributed by atoms with Gasteiger partial charge in [0.1, 0.15) is 22.1 Å². The SMILES string of the molecule is COc1ccc(OC)c(S(=O)(=O)Nc2ccc(S(=O)(=O)Nc3ccccc3OC)cc2)c1. The molecule has 170 valence electrons. The third-order valence-electron chi connectivity index (χ3n) is 4.43. The fourth-order valence-corrected chi connectivity index (χ4v) is 5.15. The molecule has 0 spiro atoms. The summed E-state index contributed by atoms with van der Waals surface area (Å²) >= 11 is 0. The maximum absolute atomic E-state index is 12.9. The van der Waals surface area contributed by atoms with Gasteiger partial charge in [0.2, 0.25) is 0 Å². The Bertz CT molecular complexity index is 1310. The Morgan fingerprint density at radius 1 is 0.656 bits per heavy atom. The minimum Gasteiger partial charge on any atom is -0.497 e. The second-order valence-corrected chi connectivity index (χ2v) is 9.79. The van der Waals surface area contributed by atoms with Gasteiger partial charge < -0.3 is 14.2 Å². The smallest absolute Gasteiger partial charge is 0.265 e. The highest BCUT2D eigenvalue weighted by Crippen LogP contribution is 2.30. The molecular formula is C21H22N2O7S2. The number of anilines is 2. The molecule has 0 bridgehead atoms. The molecular weight excluding hydrogens is 456 g/mol. The normalized spacial score (nSPS) is 11.5. The first kappa shape index (κ1) is 23.2. The summed E-state index contributed by atoms with van der Waals surface area (Å²) in [4.78, 5) is -0.167. The summed E-state index contributed by atoms with van der Waals surface area (Å²) in [5.74, 6) is 0.848. The molecule has 3 aromatic rings. The summed E-state index contributed by atoms with van der Waals surface area (Å²) in [6.07, 6.45) is 0. The van der Waals surface area contributed by atoms with Crippen LogP contribution in [-0.4, -0.2) is 38.2 Å². The number of hydrogen-bond donors (Lipinski definition) is 2. The molecule has 32 heavy (non-hydrogen) atoms. The van der Waals surface area contributed by atoms with Crippen LogP contribution in [0.15, 0.2) is 76.5 Å². The third kappa shape index (κ3) is 5.06. The summed E-state index contributed by atoms with van der Waals surface area (Å²) < 4.78 is 71.4. The van der Waals surface area contributed by atoms with Crippen molar-refractivity contribution in [2.45, 2.75) is 9.79 Å².